The molecule has 0 radical (unpaired) electrons. The molecule has 0 aliphatic heterocycles. The van der Waals surface area contributed by atoms with Gasteiger partial charge >= 0.3 is 5.97 Å². The van der Waals surface area contributed by atoms with E-state index in [4.69, 9.17) is 11.5 Å². The number of primary amides is 1. The topological polar surface area (TPSA) is 239 Å². The highest BCUT2D eigenvalue weighted by atomic mass is 32.1. The number of thiol groups is 1. The lowest BCUT2D eigenvalue weighted by atomic mass is 9.98. The predicted molar refractivity (Wildman–Crippen MR) is 167 cm³/mol. The number of carbonyl (C=O) groups is 6. The first kappa shape index (κ1) is 36.1. The van der Waals surface area contributed by atoms with Gasteiger partial charge < -0.3 is 42.8 Å². The van der Waals surface area contributed by atoms with E-state index in [2.05, 4.69) is 38.9 Å². The SMILES string of the molecule is CCC(C)C(N)C(=O)N[C@@H](Cc1c[nH]c2ccccc12)C(=O)N[C@@H](CS)C(=O)N[C@H](C(=O)N[C@@H](CC(N)=O)C(=O)O)C(C)C. The number of carboxylic acid groups (broad SMARTS) is 1. The van der Waals surface area contributed by atoms with Crippen molar-refractivity contribution in [2.24, 2.45) is 23.3 Å². The molecule has 0 bridgehead atoms. The Morgan fingerprint density at radius 1 is 0.886 bits per heavy atom. The number of carboxylic acids is 1. The van der Waals surface area contributed by atoms with Gasteiger partial charge in [0.2, 0.25) is 29.5 Å². The second-order valence-corrected chi connectivity index (χ2v) is 11.4. The minimum absolute atomic E-state index is 0.0865. The van der Waals surface area contributed by atoms with Crippen LogP contribution < -0.4 is 32.7 Å². The van der Waals surface area contributed by atoms with Crippen LogP contribution >= 0.6 is 12.6 Å². The zero-order valence-electron chi connectivity index (χ0n) is 25.3. The zero-order valence-corrected chi connectivity index (χ0v) is 26.1. The Balaban J connectivity index is 2.25. The molecule has 2 rings (SSSR count). The molecule has 1 aromatic carbocycles. The third-order valence-corrected chi connectivity index (χ3v) is 7.74. The molecule has 2 unspecified atom stereocenters. The summed E-state index contributed by atoms with van der Waals surface area (Å²) >= 11 is 4.21. The molecule has 10 N–H and O–H groups in total. The van der Waals surface area contributed by atoms with Gasteiger partial charge in [-0.3, -0.25) is 24.0 Å². The van der Waals surface area contributed by atoms with Crippen molar-refractivity contribution >= 4 is 59.0 Å². The predicted octanol–water partition coefficient (Wildman–Crippen LogP) is -0.431. The molecule has 44 heavy (non-hydrogen) atoms. The summed E-state index contributed by atoms with van der Waals surface area (Å²) in [5, 5.41) is 20.3. The second-order valence-electron chi connectivity index (χ2n) is 11.1. The molecule has 1 aromatic heterocycles. The minimum Gasteiger partial charge on any atom is -0.480 e. The number of benzene rings is 1. The molecule has 0 fully saturated rings. The number of aromatic nitrogens is 1. The van der Waals surface area contributed by atoms with E-state index in [-0.39, 0.29) is 18.1 Å². The van der Waals surface area contributed by atoms with Crippen molar-refractivity contribution in [1.29, 1.82) is 0 Å². The summed E-state index contributed by atoms with van der Waals surface area (Å²) in [6, 6.07) is 1.45. The van der Waals surface area contributed by atoms with Crippen LogP contribution in [0.4, 0.5) is 0 Å². The van der Waals surface area contributed by atoms with E-state index in [1.165, 1.54) is 0 Å². The van der Waals surface area contributed by atoms with Crippen LogP contribution in [-0.4, -0.2) is 81.6 Å². The average Bonchev–Trinajstić information content (AvgIpc) is 3.38. The van der Waals surface area contributed by atoms with Crippen LogP contribution in [0.5, 0.6) is 0 Å². The van der Waals surface area contributed by atoms with E-state index >= 15 is 0 Å². The van der Waals surface area contributed by atoms with Gasteiger partial charge in [0.1, 0.15) is 24.2 Å². The monoisotopic (exact) mass is 633 g/mol. The molecule has 242 valence electrons. The highest BCUT2D eigenvalue weighted by Crippen LogP contribution is 2.19. The number of amides is 5. The van der Waals surface area contributed by atoms with Crippen molar-refractivity contribution in [2.45, 2.75) is 77.2 Å². The number of carbonyl (C=O) groups excluding carboxylic acids is 5. The van der Waals surface area contributed by atoms with Crippen molar-refractivity contribution in [3.8, 4) is 0 Å². The van der Waals surface area contributed by atoms with Gasteiger partial charge in [-0.05, 0) is 23.5 Å². The maximum absolute atomic E-state index is 13.6. The number of aliphatic carboxylic acids is 1. The largest absolute Gasteiger partial charge is 0.480 e. The summed E-state index contributed by atoms with van der Waals surface area (Å²) in [4.78, 5) is 78.6. The molecule has 0 aliphatic carbocycles. The minimum atomic E-state index is -1.59. The van der Waals surface area contributed by atoms with Crippen molar-refractivity contribution in [2.75, 3.05) is 5.75 Å². The van der Waals surface area contributed by atoms with Gasteiger partial charge in [-0.1, -0.05) is 52.3 Å². The fourth-order valence-electron chi connectivity index (χ4n) is 4.43. The molecule has 14 nitrogen and oxygen atoms in total. The lowest BCUT2D eigenvalue weighted by Crippen LogP contribution is -2.60. The zero-order chi connectivity index (χ0) is 33.1. The van der Waals surface area contributed by atoms with Gasteiger partial charge in [-0.25, -0.2) is 4.79 Å². The number of rotatable bonds is 17. The normalized spacial score (nSPS) is 15.3. The molecule has 0 aliphatic rings. The molecule has 5 amide bonds. The van der Waals surface area contributed by atoms with Crippen LogP contribution in [0.15, 0.2) is 30.5 Å². The summed E-state index contributed by atoms with van der Waals surface area (Å²) in [6.45, 7) is 6.97. The van der Waals surface area contributed by atoms with Crippen LogP contribution in [0.1, 0.15) is 46.1 Å². The fraction of sp³-hybridized carbons (Fsp3) is 0.517. The standard InChI is InChI=1S/C29H43N7O7S/c1-5-15(4)23(31)27(40)33-19(10-16-12-32-18-9-7-6-8-17(16)18)25(38)35-21(13-44)26(39)36-24(14(2)3)28(41)34-20(29(42)43)11-22(30)37/h6-9,12,14-15,19-21,23-24,32,44H,5,10-11,13,31H2,1-4H3,(H2,30,37)(H,33,40)(H,34,41)(H,35,38)(H,36,39)(H,42,43)/t15?,19-,20-,21-,23?,24-/m0/s1. The van der Waals surface area contributed by atoms with Crippen LogP contribution in [0, 0.1) is 11.8 Å². The summed E-state index contributed by atoms with van der Waals surface area (Å²) in [5.74, 6) is -6.03. The average molecular weight is 634 g/mol. The van der Waals surface area contributed by atoms with Crippen molar-refractivity contribution in [1.82, 2.24) is 26.3 Å². The van der Waals surface area contributed by atoms with E-state index in [0.717, 1.165) is 16.5 Å². The van der Waals surface area contributed by atoms with Crippen LogP contribution in [0.25, 0.3) is 10.9 Å². The Kier molecular flexibility index (Phi) is 13.7. The maximum atomic E-state index is 13.6. The number of para-hydroxylation sites is 1. The van der Waals surface area contributed by atoms with E-state index in [0.29, 0.717) is 6.42 Å². The van der Waals surface area contributed by atoms with Crippen LogP contribution in [-0.2, 0) is 35.2 Å². The summed E-state index contributed by atoms with van der Waals surface area (Å²) < 4.78 is 0. The third kappa shape index (κ3) is 9.98. The Hall–Kier alpha value is -4.11. The third-order valence-electron chi connectivity index (χ3n) is 7.37. The van der Waals surface area contributed by atoms with E-state index < -0.39 is 78.1 Å². The highest BCUT2D eigenvalue weighted by Gasteiger charge is 2.33. The summed E-state index contributed by atoms with van der Waals surface area (Å²) in [6.07, 6.45) is 1.83. The first-order valence-electron chi connectivity index (χ1n) is 14.3. The molecule has 0 saturated carbocycles. The Morgan fingerprint density at radius 2 is 1.48 bits per heavy atom. The lowest BCUT2D eigenvalue weighted by Gasteiger charge is -2.27. The lowest BCUT2D eigenvalue weighted by molar-refractivity contribution is -0.144. The molecule has 0 saturated heterocycles. The quantitative estimate of drug-likeness (QED) is 0.103. The molecule has 6 atom stereocenters. The number of H-pyrrole nitrogens is 1. The number of hydrogen-bond donors (Lipinski definition) is 9. The molecular formula is C29H43N7O7S. The fourth-order valence-corrected chi connectivity index (χ4v) is 4.69. The van der Waals surface area contributed by atoms with Gasteiger partial charge in [-0.2, -0.15) is 12.6 Å². The van der Waals surface area contributed by atoms with E-state index in [9.17, 15) is 33.9 Å². The number of aromatic amines is 1. The molecule has 15 heteroatoms. The van der Waals surface area contributed by atoms with E-state index in [1.54, 1.807) is 20.0 Å². The van der Waals surface area contributed by atoms with Gasteiger partial charge in [0, 0.05) is 29.3 Å². The Morgan fingerprint density at radius 3 is 2.05 bits per heavy atom. The Labute approximate surface area is 261 Å². The molecule has 1 heterocycles. The van der Waals surface area contributed by atoms with Crippen LogP contribution in [0.3, 0.4) is 0 Å². The van der Waals surface area contributed by atoms with Gasteiger partial charge in [-0.15, -0.1) is 0 Å². The number of hydrogen-bond acceptors (Lipinski definition) is 8. The van der Waals surface area contributed by atoms with Crippen LogP contribution in [0.2, 0.25) is 0 Å². The van der Waals surface area contributed by atoms with Gasteiger partial charge in [0.05, 0.1) is 12.5 Å². The number of nitrogens with one attached hydrogen (secondary N) is 5. The summed E-state index contributed by atoms with van der Waals surface area (Å²) in [7, 11) is 0. The summed E-state index contributed by atoms with van der Waals surface area (Å²) in [5.41, 5.74) is 12.8. The van der Waals surface area contributed by atoms with Gasteiger partial charge in [0.25, 0.3) is 0 Å². The number of nitrogens with two attached hydrogens (primary N) is 2. The Bertz CT molecular complexity index is 1350. The molecule has 2 aromatic rings. The second kappa shape index (κ2) is 16.7. The van der Waals surface area contributed by atoms with Crippen molar-refractivity contribution < 1.29 is 33.9 Å². The first-order valence-corrected chi connectivity index (χ1v) is 15.0. The first-order chi connectivity index (χ1) is 20.7. The number of fused-ring (bicyclic) bond motifs is 1. The molecular weight excluding hydrogens is 590 g/mol. The van der Waals surface area contributed by atoms with Gasteiger partial charge in [0.15, 0.2) is 0 Å². The molecule has 0 spiro atoms. The maximum Gasteiger partial charge on any atom is 0.326 e. The van der Waals surface area contributed by atoms with E-state index in [1.807, 2.05) is 38.1 Å². The highest BCUT2D eigenvalue weighted by molar-refractivity contribution is 7.80. The van der Waals surface area contributed by atoms with Crippen molar-refractivity contribution in [3.63, 3.8) is 0 Å². The smallest absolute Gasteiger partial charge is 0.326 e. The van der Waals surface area contributed by atoms with Crippen molar-refractivity contribution in [3.05, 3.63) is 36.0 Å².